The van der Waals surface area contributed by atoms with Crippen molar-refractivity contribution in [1.29, 1.82) is 0 Å². The van der Waals surface area contributed by atoms with E-state index in [0.29, 0.717) is 0 Å². The summed E-state index contributed by atoms with van der Waals surface area (Å²) >= 11 is 0. The third-order valence-corrected chi connectivity index (χ3v) is 8.94. The van der Waals surface area contributed by atoms with Crippen LogP contribution >= 0.6 is 0 Å². The minimum Gasteiger partial charge on any atom is -0.309 e. The third kappa shape index (κ3) is 38.8. The Balaban J connectivity index is 3.93. The van der Waals surface area contributed by atoms with Crippen LogP contribution in [0.1, 0.15) is 194 Å². The molecule has 0 bridgehead atoms. The second-order valence-corrected chi connectivity index (χ2v) is 13.9. The average molecular weight is 624 g/mol. The van der Waals surface area contributed by atoms with Gasteiger partial charge in [-0.2, -0.15) is 0 Å². The van der Waals surface area contributed by atoms with Gasteiger partial charge in [-0.3, -0.25) is 0 Å². The molecule has 0 unspecified atom stereocenters. The van der Waals surface area contributed by atoms with Crippen LogP contribution in [-0.4, -0.2) is 25.5 Å². The van der Waals surface area contributed by atoms with Gasteiger partial charge in [0, 0.05) is 0 Å². The summed E-state index contributed by atoms with van der Waals surface area (Å²) in [6.45, 7) is 5.75. The van der Waals surface area contributed by atoms with Crippen LogP contribution in [0.15, 0.2) is 60.8 Å². The molecule has 0 aliphatic carbocycles. The highest BCUT2D eigenvalue weighted by molar-refractivity contribution is 4.93. The molecule has 0 spiro atoms. The quantitative estimate of drug-likeness (QED) is 0.0501. The van der Waals surface area contributed by atoms with Gasteiger partial charge in [0.2, 0.25) is 0 Å². The molecule has 0 amide bonds. The van der Waals surface area contributed by atoms with E-state index >= 15 is 0 Å². The lowest BCUT2D eigenvalue weighted by atomic mass is 9.93. The van der Waals surface area contributed by atoms with Gasteiger partial charge in [0.25, 0.3) is 0 Å². The van der Waals surface area contributed by atoms with E-state index in [1.807, 2.05) is 0 Å². The standard InChI is InChI=1S/C44H81N/c1-5-7-9-11-13-15-17-19-21-23-25-27-29-31-33-36-40-44(42-38-35-39-43-45(3)4)41-37-34-32-30-28-26-24-22-20-18-16-14-12-10-8-6-2/h13-16,19-22,38,42,44H,5-12,17-18,23-37,39-41,43H2,1-4H3/b15-13-,16-14-,21-19-,22-20-,42-38?. The second kappa shape index (κ2) is 38.8. The van der Waals surface area contributed by atoms with Crippen molar-refractivity contribution in [2.45, 2.75) is 194 Å². The SMILES string of the molecule is CCCCC/C=C\C/C=C\CCCCCCCCC(C=CCCCN(C)C)CCCCCCCC/C=C\C/C=C\CCCCC. The van der Waals surface area contributed by atoms with Crippen molar-refractivity contribution in [3.63, 3.8) is 0 Å². The van der Waals surface area contributed by atoms with Gasteiger partial charge in [-0.15, -0.1) is 0 Å². The van der Waals surface area contributed by atoms with Crippen LogP contribution in [0, 0.1) is 5.92 Å². The van der Waals surface area contributed by atoms with Gasteiger partial charge in [-0.05, 0) is 116 Å². The molecule has 0 radical (unpaired) electrons. The van der Waals surface area contributed by atoms with Crippen molar-refractivity contribution in [3.05, 3.63) is 60.8 Å². The number of hydrogen-bond acceptors (Lipinski definition) is 1. The van der Waals surface area contributed by atoms with Crippen LogP contribution in [0.3, 0.4) is 0 Å². The van der Waals surface area contributed by atoms with Crippen LogP contribution in [0.2, 0.25) is 0 Å². The van der Waals surface area contributed by atoms with Crippen LogP contribution < -0.4 is 0 Å². The van der Waals surface area contributed by atoms with E-state index in [-0.39, 0.29) is 0 Å². The number of rotatable bonds is 35. The van der Waals surface area contributed by atoms with Gasteiger partial charge in [0.15, 0.2) is 0 Å². The molecular formula is C44H81N. The Bertz CT molecular complexity index is 646. The second-order valence-electron chi connectivity index (χ2n) is 13.9. The molecular weight excluding hydrogens is 542 g/mol. The molecule has 0 N–H and O–H groups in total. The van der Waals surface area contributed by atoms with E-state index in [0.717, 1.165) is 18.8 Å². The number of nitrogens with zero attached hydrogens (tertiary/aromatic N) is 1. The first kappa shape index (κ1) is 43.7. The molecule has 45 heavy (non-hydrogen) atoms. The minimum atomic E-state index is 0.806. The maximum absolute atomic E-state index is 2.59. The molecule has 0 saturated heterocycles. The predicted molar refractivity (Wildman–Crippen MR) is 208 cm³/mol. The zero-order valence-electron chi connectivity index (χ0n) is 31.3. The smallest absolute Gasteiger partial charge is 0.00219 e. The van der Waals surface area contributed by atoms with Crippen LogP contribution in [0.5, 0.6) is 0 Å². The number of allylic oxidation sites excluding steroid dienone is 10. The molecule has 0 aromatic heterocycles. The molecule has 0 aromatic carbocycles. The largest absolute Gasteiger partial charge is 0.309 e. The Kier molecular flexibility index (Phi) is 37.7. The monoisotopic (exact) mass is 624 g/mol. The fraction of sp³-hybridized carbons (Fsp3) is 0.773. The van der Waals surface area contributed by atoms with Crippen LogP contribution in [0.4, 0.5) is 0 Å². The molecule has 1 heteroatoms. The summed E-state index contributed by atoms with van der Waals surface area (Å²) in [6, 6.07) is 0. The Hall–Kier alpha value is -1.34. The van der Waals surface area contributed by atoms with Gasteiger partial charge in [0.05, 0.1) is 0 Å². The maximum atomic E-state index is 2.59. The normalized spacial score (nSPS) is 12.8. The summed E-state index contributed by atoms with van der Waals surface area (Å²) in [5.41, 5.74) is 0. The molecule has 0 fully saturated rings. The predicted octanol–water partition coefficient (Wildman–Crippen LogP) is 14.9. The van der Waals surface area contributed by atoms with Gasteiger partial charge >= 0.3 is 0 Å². The molecule has 0 aliphatic rings. The zero-order chi connectivity index (χ0) is 32.7. The summed E-state index contributed by atoms with van der Waals surface area (Å²) in [7, 11) is 4.37. The molecule has 0 rings (SSSR count). The van der Waals surface area contributed by atoms with E-state index in [2.05, 4.69) is 93.6 Å². The van der Waals surface area contributed by atoms with Gasteiger partial charge < -0.3 is 4.90 Å². The fourth-order valence-electron chi connectivity index (χ4n) is 5.94. The van der Waals surface area contributed by atoms with Gasteiger partial charge in [0.1, 0.15) is 0 Å². The molecule has 262 valence electrons. The molecule has 0 aliphatic heterocycles. The summed E-state index contributed by atoms with van der Waals surface area (Å²) in [4.78, 5) is 2.31. The number of unbranched alkanes of at least 4 members (excludes halogenated alkanes) is 19. The first-order chi connectivity index (χ1) is 22.2. The molecule has 1 nitrogen and oxygen atoms in total. The lowest BCUT2D eigenvalue weighted by molar-refractivity contribution is 0.401. The van der Waals surface area contributed by atoms with Crippen LogP contribution in [-0.2, 0) is 0 Å². The van der Waals surface area contributed by atoms with E-state index < -0.39 is 0 Å². The van der Waals surface area contributed by atoms with Crippen molar-refractivity contribution >= 4 is 0 Å². The average Bonchev–Trinajstić information content (AvgIpc) is 3.03. The lowest BCUT2D eigenvalue weighted by Gasteiger charge is -2.13. The van der Waals surface area contributed by atoms with Crippen molar-refractivity contribution in [2.24, 2.45) is 5.92 Å². The highest BCUT2D eigenvalue weighted by atomic mass is 15.0. The summed E-state index contributed by atoms with van der Waals surface area (Å²) in [5, 5.41) is 0. The molecule has 0 heterocycles. The van der Waals surface area contributed by atoms with E-state index in [1.165, 1.54) is 173 Å². The molecule has 0 aromatic rings. The first-order valence-electron chi connectivity index (χ1n) is 20.1. The highest BCUT2D eigenvalue weighted by Gasteiger charge is 2.05. The van der Waals surface area contributed by atoms with Crippen LogP contribution in [0.25, 0.3) is 0 Å². The summed E-state index contributed by atoms with van der Waals surface area (Å²) < 4.78 is 0. The Morgan fingerprint density at radius 1 is 0.378 bits per heavy atom. The van der Waals surface area contributed by atoms with Crippen molar-refractivity contribution in [3.8, 4) is 0 Å². The fourth-order valence-corrected chi connectivity index (χ4v) is 5.94. The van der Waals surface area contributed by atoms with Gasteiger partial charge in [-0.25, -0.2) is 0 Å². The van der Waals surface area contributed by atoms with E-state index in [4.69, 9.17) is 0 Å². The van der Waals surface area contributed by atoms with E-state index in [1.54, 1.807) is 0 Å². The van der Waals surface area contributed by atoms with Crippen molar-refractivity contribution < 1.29 is 0 Å². The third-order valence-electron chi connectivity index (χ3n) is 8.94. The van der Waals surface area contributed by atoms with E-state index in [9.17, 15) is 0 Å². The van der Waals surface area contributed by atoms with Gasteiger partial charge in [-0.1, -0.05) is 164 Å². The van der Waals surface area contributed by atoms with Crippen molar-refractivity contribution in [2.75, 3.05) is 20.6 Å². The minimum absolute atomic E-state index is 0.806. The Morgan fingerprint density at radius 2 is 0.733 bits per heavy atom. The highest BCUT2D eigenvalue weighted by Crippen LogP contribution is 2.21. The maximum Gasteiger partial charge on any atom is -0.00219 e. The zero-order valence-corrected chi connectivity index (χ0v) is 31.3. The first-order valence-corrected chi connectivity index (χ1v) is 20.1. The Labute approximate surface area is 285 Å². The lowest BCUT2D eigenvalue weighted by Crippen LogP contribution is -2.12. The summed E-state index contributed by atoms with van der Waals surface area (Å²) in [5.74, 6) is 0.806. The topological polar surface area (TPSA) is 3.24 Å². The summed E-state index contributed by atoms with van der Waals surface area (Å²) in [6.07, 6.45) is 61.6. The molecule has 0 saturated carbocycles. The van der Waals surface area contributed by atoms with Crippen molar-refractivity contribution in [1.82, 2.24) is 4.90 Å². The number of hydrogen-bond donors (Lipinski definition) is 0. The Morgan fingerprint density at radius 3 is 1.13 bits per heavy atom. The molecule has 0 atom stereocenters.